The van der Waals surface area contributed by atoms with E-state index in [1.807, 2.05) is 30.6 Å². The van der Waals surface area contributed by atoms with Gasteiger partial charge in [0.05, 0.1) is 6.10 Å². The van der Waals surface area contributed by atoms with Crippen molar-refractivity contribution < 1.29 is 5.11 Å². The van der Waals surface area contributed by atoms with Crippen LogP contribution in [0.2, 0.25) is 0 Å². The molecule has 1 atom stereocenters. The first-order chi connectivity index (χ1) is 13.7. The summed E-state index contributed by atoms with van der Waals surface area (Å²) in [6.45, 7) is 2.80. The van der Waals surface area contributed by atoms with Gasteiger partial charge in [0.15, 0.2) is 5.82 Å². The van der Waals surface area contributed by atoms with E-state index in [1.54, 1.807) is 6.20 Å². The monoisotopic (exact) mass is 372 g/mol. The summed E-state index contributed by atoms with van der Waals surface area (Å²) < 4.78 is 0. The minimum atomic E-state index is -0.256. The van der Waals surface area contributed by atoms with E-state index in [9.17, 15) is 5.11 Å². The predicted octanol–water partition coefficient (Wildman–Crippen LogP) is 2.99. The molecule has 5 rings (SSSR count). The summed E-state index contributed by atoms with van der Waals surface area (Å²) >= 11 is 0. The van der Waals surface area contributed by atoms with E-state index in [2.05, 4.69) is 44.1 Å². The number of aliphatic hydroxyl groups is 1. The Morgan fingerprint density at radius 3 is 2.46 bits per heavy atom. The van der Waals surface area contributed by atoms with Gasteiger partial charge in [0.25, 0.3) is 0 Å². The van der Waals surface area contributed by atoms with Crippen molar-refractivity contribution in [3.05, 3.63) is 77.7 Å². The first kappa shape index (κ1) is 17.5. The van der Waals surface area contributed by atoms with Crippen molar-refractivity contribution in [1.82, 2.24) is 19.9 Å². The van der Waals surface area contributed by atoms with Gasteiger partial charge in [-0.1, -0.05) is 30.3 Å². The highest BCUT2D eigenvalue weighted by Crippen LogP contribution is 2.46. The molecular formula is C23H24N4O. The summed E-state index contributed by atoms with van der Waals surface area (Å²) in [5, 5.41) is 10.8. The van der Waals surface area contributed by atoms with Crippen LogP contribution in [0.1, 0.15) is 29.5 Å². The van der Waals surface area contributed by atoms with Crippen molar-refractivity contribution in [3.63, 3.8) is 0 Å². The lowest BCUT2D eigenvalue weighted by Crippen LogP contribution is -2.47. The zero-order chi connectivity index (χ0) is 19.0. The number of aliphatic hydroxyl groups excluding tert-OH is 1. The Kier molecular flexibility index (Phi) is 4.41. The Hall–Kier alpha value is -2.63. The highest BCUT2D eigenvalue weighted by molar-refractivity contribution is 5.47. The molecule has 28 heavy (non-hydrogen) atoms. The van der Waals surface area contributed by atoms with Crippen LogP contribution in [0.4, 0.5) is 0 Å². The van der Waals surface area contributed by atoms with Gasteiger partial charge in [-0.25, -0.2) is 9.97 Å². The van der Waals surface area contributed by atoms with E-state index >= 15 is 0 Å². The Balaban J connectivity index is 1.26. The second kappa shape index (κ2) is 7.08. The van der Waals surface area contributed by atoms with E-state index in [0.29, 0.717) is 5.82 Å². The van der Waals surface area contributed by atoms with E-state index in [4.69, 9.17) is 0 Å². The van der Waals surface area contributed by atoms with Crippen LogP contribution in [-0.4, -0.2) is 44.2 Å². The summed E-state index contributed by atoms with van der Waals surface area (Å²) in [6, 6.07) is 14.3. The molecule has 0 radical (unpaired) electrons. The lowest BCUT2D eigenvalue weighted by Gasteiger charge is -2.42. The molecule has 2 aliphatic rings. The fraction of sp³-hybridized carbons (Fsp3) is 0.348. The summed E-state index contributed by atoms with van der Waals surface area (Å²) in [6.07, 6.45) is 8.09. The van der Waals surface area contributed by atoms with Crippen molar-refractivity contribution in [2.45, 2.75) is 37.3 Å². The number of fused-ring (bicyclic) bond motifs is 2. The van der Waals surface area contributed by atoms with Crippen molar-refractivity contribution >= 4 is 0 Å². The Morgan fingerprint density at radius 2 is 1.71 bits per heavy atom. The highest BCUT2D eigenvalue weighted by Gasteiger charge is 2.47. The largest absolute Gasteiger partial charge is 0.392 e. The standard InChI is InChI=1S/C23H24N4O/c28-21-13-18-5-1-2-6-19(18)23(21)8-11-27(12-9-23)16-17-14-25-22(26-15-17)20-7-3-4-10-24-20/h1-7,10,14-15,21,28H,8-9,11-13,16H2/t21-/m0/s1. The van der Waals surface area contributed by atoms with Gasteiger partial charge in [0, 0.05) is 36.1 Å². The quantitative estimate of drug-likeness (QED) is 0.766. The zero-order valence-corrected chi connectivity index (χ0v) is 15.8. The number of rotatable bonds is 3. The third-order valence-electron chi connectivity index (χ3n) is 6.36. The highest BCUT2D eigenvalue weighted by atomic mass is 16.3. The SMILES string of the molecule is O[C@H]1Cc2ccccc2C12CCN(Cc1cnc(-c3ccccn3)nc1)CC2. The van der Waals surface area contributed by atoms with Crippen LogP contribution in [-0.2, 0) is 18.4 Å². The first-order valence-electron chi connectivity index (χ1n) is 9.96. The minimum absolute atomic E-state index is 0.0631. The Bertz CT molecular complexity index is 950. The normalized spacial score (nSPS) is 21.0. The van der Waals surface area contributed by atoms with Crippen LogP contribution < -0.4 is 0 Å². The second-order valence-corrected chi connectivity index (χ2v) is 7.94. The topological polar surface area (TPSA) is 62.1 Å². The lowest BCUT2D eigenvalue weighted by atomic mass is 9.72. The molecule has 2 aromatic heterocycles. The maximum absolute atomic E-state index is 10.8. The Labute approximate surface area is 165 Å². The molecule has 1 aliphatic carbocycles. The van der Waals surface area contributed by atoms with Crippen molar-refractivity contribution in [3.8, 4) is 11.5 Å². The lowest BCUT2D eigenvalue weighted by molar-refractivity contribution is 0.0413. The molecule has 0 saturated carbocycles. The number of nitrogens with zero attached hydrogens (tertiary/aromatic N) is 4. The summed E-state index contributed by atoms with van der Waals surface area (Å²) in [4.78, 5) is 15.7. The van der Waals surface area contributed by atoms with E-state index in [1.165, 1.54) is 11.1 Å². The van der Waals surface area contributed by atoms with Gasteiger partial charge in [-0.2, -0.15) is 0 Å². The van der Waals surface area contributed by atoms with Crippen LogP contribution in [0.15, 0.2) is 61.1 Å². The molecule has 1 fully saturated rings. The maximum atomic E-state index is 10.8. The van der Waals surface area contributed by atoms with Crippen molar-refractivity contribution in [2.24, 2.45) is 0 Å². The number of pyridine rings is 1. The molecule has 1 N–H and O–H groups in total. The van der Waals surface area contributed by atoms with Gasteiger partial charge in [0.1, 0.15) is 5.69 Å². The number of benzene rings is 1. The van der Waals surface area contributed by atoms with E-state index in [-0.39, 0.29) is 11.5 Å². The molecule has 1 saturated heterocycles. The molecule has 1 aromatic carbocycles. The molecule has 0 amide bonds. The first-order valence-corrected chi connectivity index (χ1v) is 9.96. The van der Waals surface area contributed by atoms with Gasteiger partial charge in [-0.3, -0.25) is 9.88 Å². The van der Waals surface area contributed by atoms with Crippen molar-refractivity contribution in [1.29, 1.82) is 0 Å². The number of likely N-dealkylation sites (tertiary alicyclic amines) is 1. The van der Waals surface area contributed by atoms with Gasteiger partial charge in [-0.05, 0) is 55.6 Å². The molecule has 3 heterocycles. The molecule has 0 unspecified atom stereocenters. The van der Waals surface area contributed by atoms with Gasteiger partial charge in [0.2, 0.25) is 0 Å². The second-order valence-electron chi connectivity index (χ2n) is 7.94. The fourth-order valence-corrected chi connectivity index (χ4v) is 4.80. The number of aromatic nitrogens is 3. The number of piperidine rings is 1. The van der Waals surface area contributed by atoms with E-state index < -0.39 is 0 Å². The van der Waals surface area contributed by atoms with Gasteiger partial charge >= 0.3 is 0 Å². The van der Waals surface area contributed by atoms with Gasteiger partial charge < -0.3 is 5.11 Å². The molecule has 1 aliphatic heterocycles. The molecule has 5 heteroatoms. The molecule has 0 bridgehead atoms. The smallest absolute Gasteiger partial charge is 0.178 e. The third kappa shape index (κ3) is 3.01. The molecule has 142 valence electrons. The average molecular weight is 372 g/mol. The molecule has 1 spiro atoms. The molecular weight excluding hydrogens is 348 g/mol. The number of hydrogen-bond acceptors (Lipinski definition) is 5. The van der Waals surface area contributed by atoms with Crippen LogP contribution >= 0.6 is 0 Å². The van der Waals surface area contributed by atoms with Crippen LogP contribution in [0.3, 0.4) is 0 Å². The average Bonchev–Trinajstić information content (AvgIpc) is 3.02. The fourth-order valence-electron chi connectivity index (χ4n) is 4.80. The summed E-state index contributed by atoms with van der Waals surface area (Å²) in [5.74, 6) is 0.660. The maximum Gasteiger partial charge on any atom is 0.178 e. The van der Waals surface area contributed by atoms with Crippen molar-refractivity contribution in [2.75, 3.05) is 13.1 Å². The molecule has 3 aromatic rings. The third-order valence-corrected chi connectivity index (χ3v) is 6.36. The zero-order valence-electron chi connectivity index (χ0n) is 15.8. The summed E-state index contributed by atoms with van der Waals surface area (Å²) in [5.41, 5.74) is 4.53. The minimum Gasteiger partial charge on any atom is -0.392 e. The van der Waals surface area contributed by atoms with Crippen LogP contribution in [0.25, 0.3) is 11.5 Å². The Morgan fingerprint density at radius 1 is 0.964 bits per heavy atom. The summed E-state index contributed by atoms with van der Waals surface area (Å²) in [7, 11) is 0. The molecule has 5 nitrogen and oxygen atoms in total. The van der Waals surface area contributed by atoms with Gasteiger partial charge in [-0.15, -0.1) is 0 Å². The van der Waals surface area contributed by atoms with Crippen LogP contribution in [0, 0.1) is 0 Å². The number of hydrogen-bond donors (Lipinski definition) is 1. The van der Waals surface area contributed by atoms with E-state index in [0.717, 1.165) is 50.2 Å². The predicted molar refractivity (Wildman–Crippen MR) is 108 cm³/mol. The van der Waals surface area contributed by atoms with Crippen LogP contribution in [0.5, 0.6) is 0 Å².